The number of nitrogens with one attached hydrogen (secondary N) is 1. The van der Waals surface area contributed by atoms with Gasteiger partial charge in [-0.15, -0.1) is 0 Å². The number of rotatable bonds is 3. The first-order valence-electron chi connectivity index (χ1n) is 8.12. The van der Waals surface area contributed by atoms with Crippen molar-refractivity contribution in [1.82, 2.24) is 14.9 Å². The zero-order chi connectivity index (χ0) is 16.4. The average Bonchev–Trinajstić information content (AvgIpc) is 3.24. The molecule has 3 heterocycles. The van der Waals surface area contributed by atoms with Gasteiger partial charge in [-0.25, -0.2) is 4.98 Å². The van der Waals surface area contributed by atoms with Gasteiger partial charge < -0.3 is 19.0 Å². The molecule has 0 saturated carbocycles. The number of carbonyl (C=O) groups excluding carboxylic acids is 1. The molecule has 1 atom stereocenters. The molecule has 1 aliphatic heterocycles. The van der Waals surface area contributed by atoms with Crippen LogP contribution in [0.5, 0.6) is 0 Å². The lowest BCUT2D eigenvalue weighted by Crippen LogP contribution is -2.36. The summed E-state index contributed by atoms with van der Waals surface area (Å²) in [5, 5.41) is 1.13. The van der Waals surface area contributed by atoms with Gasteiger partial charge in [0.05, 0.1) is 32.0 Å². The SMILES string of the molecule is O=C(c1cnc[nH]1)N1CCOCC(Cc2cccc3occc23)C1. The van der Waals surface area contributed by atoms with E-state index in [0.717, 1.165) is 17.4 Å². The Kier molecular flexibility index (Phi) is 4.04. The number of furan rings is 1. The fourth-order valence-corrected chi connectivity index (χ4v) is 3.28. The minimum absolute atomic E-state index is 0.0236. The number of hydrogen-bond donors (Lipinski definition) is 1. The number of benzene rings is 1. The Labute approximate surface area is 139 Å². The number of H-pyrrole nitrogens is 1. The number of amides is 1. The van der Waals surface area contributed by atoms with E-state index in [9.17, 15) is 4.79 Å². The van der Waals surface area contributed by atoms with Crippen LogP contribution in [0.4, 0.5) is 0 Å². The fraction of sp³-hybridized carbons (Fsp3) is 0.333. The van der Waals surface area contributed by atoms with Crippen molar-refractivity contribution in [2.45, 2.75) is 6.42 Å². The van der Waals surface area contributed by atoms with Crippen LogP contribution in [0.3, 0.4) is 0 Å². The average molecular weight is 325 g/mol. The highest BCUT2D eigenvalue weighted by Gasteiger charge is 2.24. The summed E-state index contributed by atoms with van der Waals surface area (Å²) in [6.07, 6.45) is 5.66. The predicted molar refractivity (Wildman–Crippen MR) is 88.7 cm³/mol. The summed E-state index contributed by atoms with van der Waals surface area (Å²) in [6.45, 7) is 2.49. The summed E-state index contributed by atoms with van der Waals surface area (Å²) >= 11 is 0. The minimum Gasteiger partial charge on any atom is -0.464 e. The van der Waals surface area contributed by atoms with Crippen molar-refractivity contribution in [3.05, 3.63) is 54.3 Å². The van der Waals surface area contributed by atoms with Crippen LogP contribution in [0.15, 0.2) is 47.5 Å². The van der Waals surface area contributed by atoms with E-state index in [1.54, 1.807) is 12.5 Å². The largest absolute Gasteiger partial charge is 0.464 e. The number of hydrogen-bond acceptors (Lipinski definition) is 4. The summed E-state index contributed by atoms with van der Waals surface area (Å²) in [4.78, 5) is 21.2. The first-order chi connectivity index (χ1) is 11.8. The fourth-order valence-electron chi connectivity index (χ4n) is 3.28. The summed E-state index contributed by atoms with van der Waals surface area (Å²) in [6, 6.07) is 8.09. The predicted octanol–water partition coefficient (Wildman–Crippen LogP) is 2.49. The second-order valence-corrected chi connectivity index (χ2v) is 6.11. The van der Waals surface area contributed by atoms with Crippen LogP contribution in [-0.4, -0.2) is 47.1 Å². The van der Waals surface area contributed by atoms with Gasteiger partial charge >= 0.3 is 0 Å². The lowest BCUT2D eigenvalue weighted by molar-refractivity contribution is 0.0732. The maximum Gasteiger partial charge on any atom is 0.272 e. The number of fused-ring (bicyclic) bond motifs is 1. The van der Waals surface area contributed by atoms with Crippen molar-refractivity contribution >= 4 is 16.9 Å². The molecule has 1 unspecified atom stereocenters. The number of nitrogens with zero attached hydrogens (tertiary/aromatic N) is 2. The zero-order valence-electron chi connectivity index (χ0n) is 13.3. The lowest BCUT2D eigenvalue weighted by Gasteiger charge is -2.23. The molecular formula is C18H19N3O3. The van der Waals surface area contributed by atoms with Crippen LogP contribution in [0, 0.1) is 5.92 Å². The highest BCUT2D eigenvalue weighted by molar-refractivity contribution is 5.92. The molecule has 1 fully saturated rings. The number of carbonyl (C=O) groups is 1. The number of aromatic nitrogens is 2. The smallest absolute Gasteiger partial charge is 0.272 e. The zero-order valence-corrected chi connectivity index (χ0v) is 13.3. The van der Waals surface area contributed by atoms with Gasteiger partial charge in [0.1, 0.15) is 11.3 Å². The van der Waals surface area contributed by atoms with Crippen LogP contribution in [-0.2, 0) is 11.2 Å². The molecule has 3 aromatic rings. The van der Waals surface area contributed by atoms with Crippen molar-refractivity contribution in [2.24, 2.45) is 5.92 Å². The van der Waals surface area contributed by atoms with Gasteiger partial charge in [0.15, 0.2) is 0 Å². The standard InChI is InChI=1S/C18H19N3O3/c22-18(16-9-19-12-20-16)21-5-7-23-11-13(10-21)8-14-2-1-3-17-15(14)4-6-24-17/h1-4,6,9,12-13H,5,7-8,10-11H2,(H,19,20). The molecule has 0 bridgehead atoms. The topological polar surface area (TPSA) is 71.4 Å². The summed E-state index contributed by atoms with van der Waals surface area (Å²) in [7, 11) is 0. The third-order valence-corrected chi connectivity index (χ3v) is 4.45. The molecule has 1 amide bonds. The first-order valence-corrected chi connectivity index (χ1v) is 8.12. The van der Waals surface area contributed by atoms with E-state index in [1.807, 2.05) is 23.1 Å². The van der Waals surface area contributed by atoms with E-state index in [2.05, 4.69) is 16.0 Å². The van der Waals surface area contributed by atoms with Crippen molar-refractivity contribution in [3.63, 3.8) is 0 Å². The molecule has 1 saturated heterocycles. The Morgan fingerprint density at radius 2 is 2.33 bits per heavy atom. The van der Waals surface area contributed by atoms with E-state index in [4.69, 9.17) is 9.15 Å². The molecule has 0 spiro atoms. The van der Waals surface area contributed by atoms with Gasteiger partial charge in [-0.3, -0.25) is 4.79 Å². The normalized spacial score (nSPS) is 18.7. The Hall–Kier alpha value is -2.60. The second-order valence-electron chi connectivity index (χ2n) is 6.11. The Morgan fingerprint density at radius 3 is 3.21 bits per heavy atom. The summed E-state index contributed by atoms with van der Waals surface area (Å²) < 4.78 is 11.2. The molecule has 24 heavy (non-hydrogen) atoms. The van der Waals surface area contributed by atoms with E-state index in [-0.39, 0.29) is 11.8 Å². The molecule has 124 valence electrons. The number of aromatic amines is 1. The van der Waals surface area contributed by atoms with Crippen LogP contribution < -0.4 is 0 Å². The van der Waals surface area contributed by atoms with Gasteiger partial charge in [-0.1, -0.05) is 12.1 Å². The molecule has 1 aliphatic rings. The Balaban J connectivity index is 1.52. The van der Waals surface area contributed by atoms with Crippen molar-refractivity contribution in [2.75, 3.05) is 26.3 Å². The quantitative estimate of drug-likeness (QED) is 0.803. The summed E-state index contributed by atoms with van der Waals surface area (Å²) in [5.74, 6) is 0.226. The third-order valence-electron chi connectivity index (χ3n) is 4.45. The minimum atomic E-state index is -0.0236. The Morgan fingerprint density at radius 1 is 1.38 bits per heavy atom. The van der Waals surface area contributed by atoms with Crippen molar-refractivity contribution in [1.29, 1.82) is 0 Å². The number of ether oxygens (including phenoxy) is 1. The van der Waals surface area contributed by atoms with E-state index >= 15 is 0 Å². The highest BCUT2D eigenvalue weighted by Crippen LogP contribution is 2.23. The van der Waals surface area contributed by atoms with Crippen LogP contribution in [0.1, 0.15) is 16.1 Å². The molecule has 2 aromatic heterocycles. The number of imidazole rings is 1. The monoisotopic (exact) mass is 325 g/mol. The summed E-state index contributed by atoms with van der Waals surface area (Å²) in [5.41, 5.74) is 2.64. The van der Waals surface area contributed by atoms with Gasteiger partial charge in [-0.05, 0) is 24.1 Å². The van der Waals surface area contributed by atoms with E-state index in [0.29, 0.717) is 32.0 Å². The molecular weight excluding hydrogens is 306 g/mol. The maximum atomic E-state index is 12.6. The van der Waals surface area contributed by atoms with Crippen molar-refractivity contribution in [3.8, 4) is 0 Å². The Bertz CT molecular complexity index is 825. The lowest BCUT2D eigenvalue weighted by atomic mass is 9.97. The van der Waals surface area contributed by atoms with E-state index in [1.165, 1.54) is 11.9 Å². The molecule has 0 radical (unpaired) electrons. The molecule has 6 heteroatoms. The van der Waals surface area contributed by atoms with Crippen molar-refractivity contribution < 1.29 is 13.9 Å². The van der Waals surface area contributed by atoms with Crippen LogP contribution >= 0.6 is 0 Å². The third kappa shape index (κ3) is 2.92. The van der Waals surface area contributed by atoms with Gasteiger partial charge in [0.25, 0.3) is 5.91 Å². The maximum absolute atomic E-state index is 12.6. The van der Waals surface area contributed by atoms with Crippen LogP contribution in [0.25, 0.3) is 11.0 Å². The van der Waals surface area contributed by atoms with Gasteiger partial charge in [0.2, 0.25) is 0 Å². The molecule has 1 N–H and O–H groups in total. The van der Waals surface area contributed by atoms with Gasteiger partial charge in [0, 0.05) is 24.4 Å². The first kappa shape index (κ1) is 15.0. The molecule has 1 aromatic carbocycles. The van der Waals surface area contributed by atoms with Gasteiger partial charge in [-0.2, -0.15) is 0 Å². The van der Waals surface area contributed by atoms with Crippen LogP contribution in [0.2, 0.25) is 0 Å². The molecule has 4 rings (SSSR count). The molecule has 0 aliphatic carbocycles. The van der Waals surface area contributed by atoms with E-state index < -0.39 is 0 Å². The molecule has 6 nitrogen and oxygen atoms in total. The highest BCUT2D eigenvalue weighted by atomic mass is 16.5. The second kappa shape index (κ2) is 6.49.